The number of nitrogens with zero attached hydrogens (tertiary/aromatic N) is 2. The lowest BCUT2D eigenvalue weighted by Crippen LogP contribution is -2.23. The molecule has 3 rings (SSSR count). The molecule has 0 saturated carbocycles. The maximum atomic E-state index is 6.21. The molecule has 0 radical (unpaired) electrons. The average molecular weight is 233 g/mol. The first-order chi connectivity index (χ1) is 7.75. The average Bonchev–Trinajstić information content (AvgIpc) is 2.88. The number of aromatic nitrogens is 2. The van der Waals surface area contributed by atoms with Crippen LogP contribution in [0, 0.1) is 0 Å². The molecule has 2 atom stereocenters. The second kappa shape index (κ2) is 3.71. The normalized spacial score (nSPS) is 24.4. The summed E-state index contributed by atoms with van der Waals surface area (Å²) < 4.78 is 1.97. The van der Waals surface area contributed by atoms with Gasteiger partial charge in [-0.05, 0) is 24.3 Å². The van der Waals surface area contributed by atoms with Gasteiger partial charge in [-0.1, -0.05) is 6.07 Å². The van der Waals surface area contributed by atoms with Crippen molar-refractivity contribution < 1.29 is 0 Å². The summed E-state index contributed by atoms with van der Waals surface area (Å²) in [6.07, 6.45) is 4.03. The Morgan fingerprint density at radius 3 is 3.19 bits per heavy atom. The van der Waals surface area contributed by atoms with Crippen LogP contribution >= 0.6 is 11.3 Å². The highest BCUT2D eigenvalue weighted by molar-refractivity contribution is 7.10. The van der Waals surface area contributed by atoms with Crippen LogP contribution in [-0.4, -0.2) is 9.78 Å². The molecule has 16 heavy (non-hydrogen) atoms. The Morgan fingerprint density at radius 1 is 1.56 bits per heavy atom. The van der Waals surface area contributed by atoms with Crippen molar-refractivity contribution >= 4 is 11.3 Å². The van der Waals surface area contributed by atoms with Gasteiger partial charge in [0.25, 0.3) is 0 Å². The van der Waals surface area contributed by atoms with Crippen molar-refractivity contribution in [3.8, 4) is 0 Å². The van der Waals surface area contributed by atoms with E-state index in [1.165, 1.54) is 16.1 Å². The number of fused-ring (bicyclic) bond motifs is 1. The maximum Gasteiger partial charge on any atom is 0.0540 e. The van der Waals surface area contributed by atoms with Crippen LogP contribution in [0.15, 0.2) is 23.7 Å². The number of thiophene rings is 1. The first-order valence-electron chi connectivity index (χ1n) is 5.55. The molecule has 0 bridgehead atoms. The van der Waals surface area contributed by atoms with Crippen LogP contribution in [0.1, 0.15) is 34.5 Å². The molecule has 1 aliphatic carbocycles. The van der Waals surface area contributed by atoms with E-state index < -0.39 is 0 Å². The second-order valence-electron chi connectivity index (χ2n) is 4.43. The highest BCUT2D eigenvalue weighted by Gasteiger charge is 2.28. The van der Waals surface area contributed by atoms with Crippen LogP contribution in [-0.2, 0) is 13.5 Å². The fourth-order valence-electron chi connectivity index (χ4n) is 2.53. The van der Waals surface area contributed by atoms with Crippen LogP contribution in [0.5, 0.6) is 0 Å². The summed E-state index contributed by atoms with van der Waals surface area (Å²) in [5.74, 6) is 0.567. The van der Waals surface area contributed by atoms with Gasteiger partial charge in [-0.2, -0.15) is 5.10 Å². The first-order valence-corrected chi connectivity index (χ1v) is 6.43. The van der Waals surface area contributed by atoms with Crippen LogP contribution in [0.25, 0.3) is 0 Å². The van der Waals surface area contributed by atoms with Crippen molar-refractivity contribution in [2.75, 3.05) is 0 Å². The van der Waals surface area contributed by atoms with Crippen LogP contribution < -0.4 is 5.73 Å². The minimum absolute atomic E-state index is 0.143. The van der Waals surface area contributed by atoms with E-state index in [-0.39, 0.29) is 6.04 Å². The fraction of sp³-hybridized carbons (Fsp3) is 0.417. The molecule has 0 saturated heterocycles. The first kappa shape index (κ1) is 10.1. The SMILES string of the molecule is Cn1ncc2c1CC(c1cccs1)CC2N. The summed E-state index contributed by atoms with van der Waals surface area (Å²) in [6.45, 7) is 0. The number of rotatable bonds is 1. The Kier molecular flexibility index (Phi) is 2.33. The summed E-state index contributed by atoms with van der Waals surface area (Å²) in [4.78, 5) is 1.45. The standard InChI is InChI=1S/C12H15N3S/c1-15-11-6-8(12-3-2-4-16-12)5-10(13)9(11)7-14-15/h2-4,7-8,10H,5-6,13H2,1H3. The zero-order valence-electron chi connectivity index (χ0n) is 9.26. The van der Waals surface area contributed by atoms with Gasteiger partial charge >= 0.3 is 0 Å². The molecule has 0 spiro atoms. The van der Waals surface area contributed by atoms with Crippen molar-refractivity contribution in [2.45, 2.75) is 24.8 Å². The van der Waals surface area contributed by atoms with Gasteiger partial charge in [0.1, 0.15) is 0 Å². The van der Waals surface area contributed by atoms with Crippen LogP contribution in [0.4, 0.5) is 0 Å². The summed E-state index contributed by atoms with van der Waals surface area (Å²) in [7, 11) is 2.00. The molecule has 2 aromatic heterocycles. The molecule has 2 heterocycles. The minimum Gasteiger partial charge on any atom is -0.324 e. The lowest BCUT2D eigenvalue weighted by Gasteiger charge is -2.26. The van der Waals surface area contributed by atoms with Crippen LogP contribution in [0.2, 0.25) is 0 Å². The van der Waals surface area contributed by atoms with Crippen molar-refractivity contribution in [2.24, 2.45) is 12.8 Å². The molecule has 4 heteroatoms. The number of hydrogen-bond donors (Lipinski definition) is 1. The quantitative estimate of drug-likeness (QED) is 0.820. The van der Waals surface area contributed by atoms with Gasteiger partial charge in [0, 0.05) is 35.1 Å². The Hall–Kier alpha value is -1.13. The number of hydrogen-bond acceptors (Lipinski definition) is 3. The van der Waals surface area contributed by atoms with Gasteiger partial charge in [0.2, 0.25) is 0 Å². The van der Waals surface area contributed by atoms with E-state index in [0.717, 1.165) is 12.8 Å². The Balaban J connectivity index is 1.97. The Labute approximate surface area is 98.9 Å². The van der Waals surface area contributed by atoms with Gasteiger partial charge in [0.15, 0.2) is 0 Å². The van der Waals surface area contributed by atoms with Crippen molar-refractivity contribution in [3.63, 3.8) is 0 Å². The summed E-state index contributed by atoms with van der Waals surface area (Å²) in [6, 6.07) is 4.47. The molecule has 0 aliphatic heterocycles. The molecule has 0 fully saturated rings. The van der Waals surface area contributed by atoms with E-state index in [2.05, 4.69) is 22.6 Å². The molecule has 3 nitrogen and oxygen atoms in total. The monoisotopic (exact) mass is 233 g/mol. The molecule has 2 N–H and O–H groups in total. The molecular weight excluding hydrogens is 218 g/mol. The van der Waals surface area contributed by atoms with Gasteiger partial charge in [-0.3, -0.25) is 4.68 Å². The van der Waals surface area contributed by atoms with E-state index in [0.29, 0.717) is 5.92 Å². The lowest BCUT2D eigenvalue weighted by molar-refractivity contribution is 0.492. The number of aryl methyl sites for hydroxylation is 1. The van der Waals surface area contributed by atoms with E-state index >= 15 is 0 Å². The lowest BCUT2D eigenvalue weighted by atomic mass is 9.84. The third-order valence-corrected chi connectivity index (χ3v) is 4.45. The van der Waals surface area contributed by atoms with E-state index in [1.54, 1.807) is 0 Å². The van der Waals surface area contributed by atoms with Crippen molar-refractivity contribution in [3.05, 3.63) is 39.8 Å². The fourth-order valence-corrected chi connectivity index (χ4v) is 3.37. The zero-order chi connectivity index (χ0) is 11.1. The molecule has 84 valence electrons. The Morgan fingerprint density at radius 2 is 2.44 bits per heavy atom. The maximum absolute atomic E-state index is 6.21. The second-order valence-corrected chi connectivity index (χ2v) is 5.41. The van der Waals surface area contributed by atoms with Gasteiger partial charge < -0.3 is 5.73 Å². The predicted octanol–water partition coefficient (Wildman–Crippen LogP) is 2.21. The highest BCUT2D eigenvalue weighted by Crippen LogP contribution is 2.38. The van der Waals surface area contributed by atoms with Crippen molar-refractivity contribution in [1.29, 1.82) is 0 Å². The third-order valence-electron chi connectivity index (χ3n) is 3.42. The van der Waals surface area contributed by atoms with E-state index in [1.807, 2.05) is 29.3 Å². The third kappa shape index (κ3) is 1.49. The van der Waals surface area contributed by atoms with Crippen LogP contribution in [0.3, 0.4) is 0 Å². The molecule has 2 unspecified atom stereocenters. The summed E-state index contributed by atoms with van der Waals surface area (Å²) in [5, 5.41) is 6.44. The minimum atomic E-state index is 0.143. The van der Waals surface area contributed by atoms with E-state index in [4.69, 9.17) is 5.73 Å². The van der Waals surface area contributed by atoms with Gasteiger partial charge in [0.05, 0.1) is 6.20 Å². The molecule has 0 amide bonds. The molecular formula is C12H15N3S. The zero-order valence-corrected chi connectivity index (χ0v) is 10.1. The largest absolute Gasteiger partial charge is 0.324 e. The summed E-state index contributed by atoms with van der Waals surface area (Å²) >= 11 is 1.83. The van der Waals surface area contributed by atoms with Gasteiger partial charge in [-0.15, -0.1) is 11.3 Å². The van der Waals surface area contributed by atoms with E-state index in [9.17, 15) is 0 Å². The predicted molar refractivity (Wildman–Crippen MR) is 65.5 cm³/mol. The summed E-state index contributed by atoms with van der Waals surface area (Å²) in [5.41, 5.74) is 8.74. The molecule has 0 aromatic carbocycles. The van der Waals surface area contributed by atoms with Gasteiger partial charge in [-0.25, -0.2) is 0 Å². The Bertz CT molecular complexity index is 486. The molecule has 2 aromatic rings. The topological polar surface area (TPSA) is 43.8 Å². The molecule has 1 aliphatic rings. The number of nitrogens with two attached hydrogens (primary N) is 1. The highest BCUT2D eigenvalue weighted by atomic mass is 32.1. The smallest absolute Gasteiger partial charge is 0.0540 e. The van der Waals surface area contributed by atoms with Crippen molar-refractivity contribution in [1.82, 2.24) is 9.78 Å².